The van der Waals surface area contributed by atoms with Gasteiger partial charge in [-0.05, 0) is 55.2 Å². The molecule has 1 fully saturated rings. The van der Waals surface area contributed by atoms with Crippen molar-refractivity contribution in [2.45, 2.75) is 62.7 Å². The second kappa shape index (κ2) is 12.5. The number of benzene rings is 2. The third-order valence-electron chi connectivity index (χ3n) is 6.08. The van der Waals surface area contributed by atoms with Crippen LogP contribution in [-0.4, -0.2) is 92.9 Å². The summed E-state index contributed by atoms with van der Waals surface area (Å²) in [6.07, 6.45) is -7.00. The van der Waals surface area contributed by atoms with Gasteiger partial charge in [-0.25, -0.2) is 0 Å². The van der Waals surface area contributed by atoms with Gasteiger partial charge in [0.1, 0.15) is 24.4 Å². The zero-order chi connectivity index (χ0) is 26.4. The highest BCUT2D eigenvalue weighted by Crippen LogP contribution is 2.33. The molecule has 0 unspecified atom stereocenters. The number of methoxy groups -OCH3 is 1. The van der Waals surface area contributed by atoms with Crippen LogP contribution in [0, 0.1) is 0 Å². The first-order valence-electron chi connectivity index (χ1n) is 11.6. The lowest BCUT2D eigenvalue weighted by Crippen LogP contribution is -2.57. The van der Waals surface area contributed by atoms with Crippen LogP contribution >= 0.6 is 0 Å². The number of ether oxygens (including phenoxy) is 4. The SMILES string of the molecule is COc1cc([C@@H](O)[C@H](CO)Oc2ccc(CCCO[C@@H]3O[C@@H](C)[C@H](O)[C@@H](O)[C@H]3O)cc2O)ccc1O. The van der Waals surface area contributed by atoms with E-state index in [0.29, 0.717) is 18.4 Å². The molecule has 0 bridgehead atoms. The molecule has 0 aliphatic carbocycles. The summed E-state index contributed by atoms with van der Waals surface area (Å²) in [4.78, 5) is 0. The van der Waals surface area contributed by atoms with Crippen molar-refractivity contribution in [2.24, 2.45) is 0 Å². The maximum atomic E-state index is 10.6. The molecule has 1 aliphatic heterocycles. The summed E-state index contributed by atoms with van der Waals surface area (Å²) in [6, 6.07) is 8.99. The van der Waals surface area contributed by atoms with Crippen LogP contribution in [0.1, 0.15) is 30.6 Å². The molecule has 1 heterocycles. The Balaban J connectivity index is 1.54. The number of rotatable bonds is 11. The molecule has 0 aromatic heterocycles. The molecule has 1 saturated heterocycles. The summed E-state index contributed by atoms with van der Waals surface area (Å²) in [7, 11) is 1.38. The maximum absolute atomic E-state index is 10.6. The molecule has 7 atom stereocenters. The molecule has 3 rings (SSSR count). The summed E-state index contributed by atoms with van der Waals surface area (Å²) in [5.41, 5.74) is 1.12. The number of hydrogen-bond donors (Lipinski definition) is 7. The van der Waals surface area contributed by atoms with Gasteiger partial charge in [-0.1, -0.05) is 12.1 Å². The molecule has 0 spiro atoms. The monoisotopic (exact) mass is 510 g/mol. The Morgan fingerprint density at radius 1 is 0.944 bits per heavy atom. The third-order valence-corrected chi connectivity index (χ3v) is 6.08. The number of phenolic OH excluding ortho intramolecular Hbond substituents is 2. The van der Waals surface area contributed by atoms with Crippen molar-refractivity contribution in [1.82, 2.24) is 0 Å². The average Bonchev–Trinajstić information content (AvgIpc) is 2.87. The summed E-state index contributed by atoms with van der Waals surface area (Å²) in [5.74, 6) is -0.0485. The minimum absolute atomic E-state index is 0.0686. The van der Waals surface area contributed by atoms with Gasteiger partial charge in [0, 0.05) is 0 Å². The normalized spacial score (nSPS) is 25.8. The van der Waals surface area contributed by atoms with Crippen LogP contribution in [0.2, 0.25) is 0 Å². The molecule has 11 heteroatoms. The molecule has 0 radical (unpaired) electrons. The number of phenols is 2. The molecule has 7 N–H and O–H groups in total. The smallest absolute Gasteiger partial charge is 0.186 e. The standard InChI is InChI=1S/C25H34O11/c1-13-21(29)23(31)24(32)25(35-13)34-9-3-4-14-5-8-18(17(28)10-14)36-20(12-26)22(30)15-6-7-16(27)19(11-15)33-2/h5-8,10-11,13,20-32H,3-4,9,12H2,1-2H3/t13-,20-,21-,22+,23+,24+,25+/m0/s1. The summed E-state index contributed by atoms with van der Waals surface area (Å²) in [6.45, 7) is 1.23. The number of aryl methyl sites for hydroxylation is 1. The Labute approximate surface area is 208 Å². The zero-order valence-corrected chi connectivity index (χ0v) is 20.1. The first-order chi connectivity index (χ1) is 17.2. The van der Waals surface area contributed by atoms with Gasteiger partial charge in [-0.15, -0.1) is 0 Å². The molecule has 0 saturated carbocycles. The second-order valence-electron chi connectivity index (χ2n) is 8.67. The van der Waals surface area contributed by atoms with E-state index >= 15 is 0 Å². The van der Waals surface area contributed by atoms with E-state index in [1.54, 1.807) is 13.0 Å². The van der Waals surface area contributed by atoms with Crippen molar-refractivity contribution in [3.63, 3.8) is 0 Å². The predicted octanol–water partition coefficient (Wildman–Crippen LogP) is 0.356. The Hall–Kier alpha value is -2.64. The Kier molecular flexibility index (Phi) is 9.74. The van der Waals surface area contributed by atoms with Crippen LogP contribution in [0.15, 0.2) is 36.4 Å². The van der Waals surface area contributed by atoms with E-state index in [9.17, 15) is 35.7 Å². The van der Waals surface area contributed by atoms with E-state index in [2.05, 4.69) is 0 Å². The molecule has 200 valence electrons. The molecular formula is C25H34O11. The highest BCUT2D eigenvalue weighted by molar-refractivity contribution is 5.44. The average molecular weight is 511 g/mol. The lowest BCUT2D eigenvalue weighted by Gasteiger charge is -2.38. The topological polar surface area (TPSA) is 179 Å². The minimum atomic E-state index is -1.37. The van der Waals surface area contributed by atoms with Gasteiger partial charge in [0.25, 0.3) is 0 Å². The fourth-order valence-electron chi connectivity index (χ4n) is 3.90. The highest BCUT2D eigenvalue weighted by atomic mass is 16.7. The van der Waals surface area contributed by atoms with E-state index in [4.69, 9.17) is 18.9 Å². The van der Waals surface area contributed by atoms with E-state index in [1.165, 1.54) is 37.4 Å². The van der Waals surface area contributed by atoms with Crippen molar-refractivity contribution in [1.29, 1.82) is 0 Å². The van der Waals surface area contributed by atoms with Gasteiger partial charge in [-0.3, -0.25) is 0 Å². The minimum Gasteiger partial charge on any atom is -0.504 e. The summed E-state index contributed by atoms with van der Waals surface area (Å²) < 4.78 is 21.6. The van der Waals surface area contributed by atoms with E-state index in [-0.39, 0.29) is 29.6 Å². The molecule has 1 aliphatic rings. The first kappa shape index (κ1) is 27.9. The van der Waals surface area contributed by atoms with Crippen molar-refractivity contribution >= 4 is 0 Å². The van der Waals surface area contributed by atoms with Crippen molar-refractivity contribution in [3.8, 4) is 23.0 Å². The number of aliphatic hydroxyl groups is 5. The fourth-order valence-corrected chi connectivity index (χ4v) is 3.90. The lowest BCUT2D eigenvalue weighted by molar-refractivity contribution is -0.293. The Bertz CT molecular complexity index is 984. The molecule has 11 nitrogen and oxygen atoms in total. The van der Waals surface area contributed by atoms with Crippen LogP contribution in [0.4, 0.5) is 0 Å². The lowest BCUT2D eigenvalue weighted by atomic mass is 10.00. The van der Waals surface area contributed by atoms with E-state index < -0.39 is 49.5 Å². The number of aliphatic hydroxyl groups excluding tert-OH is 5. The largest absolute Gasteiger partial charge is 0.504 e. The first-order valence-corrected chi connectivity index (χ1v) is 11.6. The van der Waals surface area contributed by atoms with Gasteiger partial charge in [0.15, 0.2) is 35.4 Å². The van der Waals surface area contributed by atoms with Crippen LogP contribution in [0.3, 0.4) is 0 Å². The quantitative estimate of drug-likeness (QED) is 0.208. The van der Waals surface area contributed by atoms with Gasteiger partial charge in [0.05, 0.1) is 26.4 Å². The third kappa shape index (κ3) is 6.56. The molecular weight excluding hydrogens is 476 g/mol. The van der Waals surface area contributed by atoms with Crippen LogP contribution < -0.4 is 9.47 Å². The van der Waals surface area contributed by atoms with Crippen LogP contribution in [-0.2, 0) is 15.9 Å². The second-order valence-corrected chi connectivity index (χ2v) is 8.67. The van der Waals surface area contributed by atoms with Gasteiger partial charge >= 0.3 is 0 Å². The number of hydrogen-bond acceptors (Lipinski definition) is 11. The molecule has 0 amide bonds. The zero-order valence-electron chi connectivity index (χ0n) is 20.1. The van der Waals surface area contributed by atoms with Crippen LogP contribution in [0.5, 0.6) is 23.0 Å². The van der Waals surface area contributed by atoms with Gasteiger partial charge < -0.3 is 54.7 Å². The molecule has 2 aromatic rings. The van der Waals surface area contributed by atoms with Crippen LogP contribution in [0.25, 0.3) is 0 Å². The van der Waals surface area contributed by atoms with E-state index in [1.807, 2.05) is 0 Å². The Morgan fingerprint density at radius 3 is 2.36 bits per heavy atom. The molecule has 36 heavy (non-hydrogen) atoms. The Morgan fingerprint density at radius 2 is 1.69 bits per heavy atom. The fraction of sp³-hybridized carbons (Fsp3) is 0.520. The number of aromatic hydroxyl groups is 2. The van der Waals surface area contributed by atoms with Gasteiger partial charge in [0.2, 0.25) is 0 Å². The summed E-state index contributed by atoms with van der Waals surface area (Å²) in [5, 5.41) is 70.1. The summed E-state index contributed by atoms with van der Waals surface area (Å²) >= 11 is 0. The highest BCUT2D eigenvalue weighted by Gasteiger charge is 2.42. The van der Waals surface area contributed by atoms with Crippen molar-refractivity contribution in [3.05, 3.63) is 47.5 Å². The molecule has 2 aromatic carbocycles. The predicted molar refractivity (Wildman–Crippen MR) is 126 cm³/mol. The van der Waals surface area contributed by atoms with Gasteiger partial charge in [-0.2, -0.15) is 0 Å². The van der Waals surface area contributed by atoms with Crippen molar-refractivity contribution in [2.75, 3.05) is 20.3 Å². The maximum Gasteiger partial charge on any atom is 0.186 e. The van der Waals surface area contributed by atoms with E-state index in [0.717, 1.165) is 5.56 Å². The van der Waals surface area contributed by atoms with Crippen molar-refractivity contribution < 1.29 is 54.7 Å².